The molecule has 0 unspecified atom stereocenters. The van der Waals surface area contributed by atoms with Crippen LogP contribution in [0, 0.1) is 12.7 Å². The average molecular weight is 381 g/mol. The molecule has 0 saturated carbocycles. The van der Waals surface area contributed by atoms with Crippen LogP contribution in [0.25, 0.3) is 0 Å². The third-order valence-electron chi connectivity index (χ3n) is 4.10. The molecule has 0 aliphatic heterocycles. The highest BCUT2D eigenvalue weighted by Crippen LogP contribution is 2.27. The third kappa shape index (κ3) is 5.64. The van der Waals surface area contributed by atoms with Gasteiger partial charge in [-0.2, -0.15) is 8.78 Å². The Morgan fingerprint density at radius 1 is 1.11 bits per heavy atom. The molecule has 0 saturated heterocycles. The van der Waals surface area contributed by atoms with Crippen LogP contribution in [0.2, 0.25) is 0 Å². The van der Waals surface area contributed by atoms with E-state index in [9.17, 15) is 18.0 Å². The van der Waals surface area contributed by atoms with Gasteiger partial charge in [0.25, 0.3) is 0 Å². The van der Waals surface area contributed by atoms with Crippen molar-refractivity contribution in [2.24, 2.45) is 0 Å². The van der Waals surface area contributed by atoms with Gasteiger partial charge in [-0.3, -0.25) is 5.32 Å². The zero-order valence-corrected chi connectivity index (χ0v) is 15.4. The normalized spacial score (nSPS) is 10.8. The van der Waals surface area contributed by atoms with E-state index in [4.69, 9.17) is 4.74 Å². The van der Waals surface area contributed by atoms with E-state index >= 15 is 0 Å². The van der Waals surface area contributed by atoms with Crippen LogP contribution in [0.3, 0.4) is 0 Å². The molecule has 2 rings (SSSR count). The van der Waals surface area contributed by atoms with Gasteiger partial charge in [-0.15, -0.1) is 0 Å². The number of aryl methyl sites for hydroxylation is 3. The predicted molar refractivity (Wildman–Crippen MR) is 96.8 cm³/mol. The Morgan fingerprint density at radius 3 is 2.41 bits per heavy atom. The minimum absolute atomic E-state index is 0.0403. The minimum Gasteiger partial charge on any atom is -0.489 e. The highest BCUT2D eigenvalue weighted by atomic mass is 19.3. The first kappa shape index (κ1) is 20.6. The fourth-order valence-electron chi connectivity index (χ4n) is 2.74. The second-order valence-electron chi connectivity index (χ2n) is 5.99. The summed E-state index contributed by atoms with van der Waals surface area (Å²) in [5.74, 6) is 0.117. The van der Waals surface area contributed by atoms with Crippen LogP contribution in [-0.2, 0) is 24.2 Å². The zero-order valence-electron chi connectivity index (χ0n) is 15.4. The summed E-state index contributed by atoms with van der Waals surface area (Å²) in [6.45, 7) is 2.43. The van der Waals surface area contributed by atoms with Gasteiger partial charge >= 0.3 is 12.7 Å². The molecular weight excluding hydrogens is 359 g/mol. The summed E-state index contributed by atoms with van der Waals surface area (Å²) in [5, 5.41) is 2.27. The second-order valence-corrected chi connectivity index (χ2v) is 5.99. The van der Waals surface area contributed by atoms with Crippen LogP contribution >= 0.6 is 0 Å². The number of ether oxygens (including phenoxy) is 2. The first-order valence-electron chi connectivity index (χ1n) is 8.63. The SMILES string of the molecule is CCc1ccc(OCc2cc(F)cc(CC)c2NC(=O)OC(F)F)c(C)c1. The fraction of sp³-hybridized carbons (Fsp3) is 0.350. The number of hydrogen-bond donors (Lipinski definition) is 1. The molecule has 7 heteroatoms. The molecule has 0 atom stereocenters. The van der Waals surface area contributed by atoms with Gasteiger partial charge in [0.15, 0.2) is 0 Å². The summed E-state index contributed by atoms with van der Waals surface area (Å²) in [7, 11) is 0. The van der Waals surface area contributed by atoms with Crippen LogP contribution in [0.1, 0.15) is 36.1 Å². The molecule has 0 heterocycles. The largest absolute Gasteiger partial charge is 0.489 e. The van der Waals surface area contributed by atoms with Crippen LogP contribution in [0.15, 0.2) is 30.3 Å². The summed E-state index contributed by atoms with van der Waals surface area (Å²) in [6, 6.07) is 8.20. The Morgan fingerprint density at radius 2 is 1.81 bits per heavy atom. The van der Waals surface area contributed by atoms with E-state index < -0.39 is 18.5 Å². The highest BCUT2D eigenvalue weighted by molar-refractivity contribution is 5.87. The number of rotatable bonds is 7. The molecule has 0 fully saturated rings. The van der Waals surface area contributed by atoms with Gasteiger partial charge in [0.2, 0.25) is 0 Å². The Bertz CT molecular complexity index is 809. The van der Waals surface area contributed by atoms with Crippen molar-refractivity contribution in [1.82, 2.24) is 0 Å². The molecule has 0 aliphatic rings. The van der Waals surface area contributed by atoms with Crippen molar-refractivity contribution < 1.29 is 27.4 Å². The first-order chi connectivity index (χ1) is 12.8. The molecule has 0 spiro atoms. The van der Waals surface area contributed by atoms with Crippen LogP contribution in [-0.4, -0.2) is 12.7 Å². The van der Waals surface area contributed by atoms with Gasteiger partial charge in [0.05, 0.1) is 5.69 Å². The molecule has 0 aliphatic carbocycles. The molecule has 27 heavy (non-hydrogen) atoms. The number of halogens is 3. The lowest BCUT2D eigenvalue weighted by atomic mass is 10.0. The molecule has 146 valence electrons. The Labute approximate surface area is 156 Å². The predicted octanol–water partition coefficient (Wildman–Crippen LogP) is 5.61. The monoisotopic (exact) mass is 381 g/mol. The molecule has 1 N–H and O–H groups in total. The Hall–Kier alpha value is -2.70. The van der Waals surface area contributed by atoms with Crippen LogP contribution < -0.4 is 10.1 Å². The fourth-order valence-corrected chi connectivity index (χ4v) is 2.74. The summed E-state index contributed by atoms with van der Waals surface area (Å²) in [5.41, 5.74) is 3.09. The molecular formula is C20H22F3NO3. The summed E-state index contributed by atoms with van der Waals surface area (Å²) in [4.78, 5) is 11.6. The molecule has 0 bridgehead atoms. The third-order valence-corrected chi connectivity index (χ3v) is 4.10. The van der Waals surface area contributed by atoms with Crippen LogP contribution in [0.4, 0.5) is 23.7 Å². The quantitative estimate of drug-likeness (QED) is 0.678. The average Bonchev–Trinajstić information content (AvgIpc) is 2.61. The lowest BCUT2D eigenvalue weighted by Gasteiger charge is -2.17. The van der Waals surface area contributed by atoms with Gasteiger partial charge in [-0.05, 0) is 54.7 Å². The highest BCUT2D eigenvalue weighted by Gasteiger charge is 2.17. The van der Waals surface area contributed by atoms with Crippen molar-refractivity contribution in [3.8, 4) is 5.75 Å². The van der Waals surface area contributed by atoms with E-state index in [-0.39, 0.29) is 12.3 Å². The summed E-state index contributed by atoms with van der Waals surface area (Å²) in [6.07, 6.45) is -0.0270. The maximum atomic E-state index is 13.9. The molecule has 2 aromatic rings. The number of carbonyl (C=O) groups excluding carboxylic acids is 1. The number of alkyl halides is 2. The first-order valence-corrected chi connectivity index (χ1v) is 8.63. The van der Waals surface area contributed by atoms with E-state index in [1.807, 2.05) is 32.0 Å². The van der Waals surface area contributed by atoms with E-state index in [1.165, 1.54) is 12.1 Å². The Balaban J connectivity index is 2.26. The standard InChI is InChI=1S/C20H22F3NO3/c1-4-13-6-7-17(12(3)8-13)26-11-15-10-16(21)9-14(5-2)18(15)24-20(25)27-19(22)23/h6-10,19H,4-5,11H2,1-3H3,(H,24,25). The van der Waals surface area contributed by atoms with Gasteiger partial charge in [0, 0.05) is 5.56 Å². The second kappa shape index (κ2) is 9.30. The molecule has 0 radical (unpaired) electrons. The van der Waals surface area contributed by atoms with Gasteiger partial charge in [-0.1, -0.05) is 26.0 Å². The smallest absolute Gasteiger partial charge is 0.416 e. The number of hydrogen-bond acceptors (Lipinski definition) is 3. The topological polar surface area (TPSA) is 47.6 Å². The number of carbonyl (C=O) groups is 1. The van der Waals surface area contributed by atoms with Crippen molar-refractivity contribution in [3.05, 3.63) is 58.4 Å². The lowest BCUT2D eigenvalue weighted by molar-refractivity contribution is -0.0766. The van der Waals surface area contributed by atoms with E-state index in [0.717, 1.165) is 17.5 Å². The van der Waals surface area contributed by atoms with Crippen molar-refractivity contribution in [1.29, 1.82) is 0 Å². The van der Waals surface area contributed by atoms with E-state index in [0.29, 0.717) is 23.3 Å². The van der Waals surface area contributed by atoms with E-state index in [1.54, 1.807) is 6.92 Å². The number of amides is 1. The molecule has 4 nitrogen and oxygen atoms in total. The van der Waals surface area contributed by atoms with Crippen molar-refractivity contribution in [2.75, 3.05) is 5.32 Å². The van der Waals surface area contributed by atoms with Gasteiger partial charge in [-0.25, -0.2) is 9.18 Å². The van der Waals surface area contributed by atoms with Gasteiger partial charge in [0.1, 0.15) is 18.2 Å². The number of benzene rings is 2. The molecule has 0 aromatic heterocycles. The number of anilines is 1. The van der Waals surface area contributed by atoms with Gasteiger partial charge < -0.3 is 9.47 Å². The maximum absolute atomic E-state index is 13.9. The minimum atomic E-state index is -3.24. The van der Waals surface area contributed by atoms with E-state index in [2.05, 4.69) is 10.1 Å². The van der Waals surface area contributed by atoms with Crippen molar-refractivity contribution in [3.63, 3.8) is 0 Å². The lowest BCUT2D eigenvalue weighted by Crippen LogP contribution is -2.19. The maximum Gasteiger partial charge on any atom is 0.416 e. The molecule has 2 aromatic carbocycles. The summed E-state index contributed by atoms with van der Waals surface area (Å²) >= 11 is 0. The summed E-state index contributed by atoms with van der Waals surface area (Å²) < 4.78 is 48.0. The zero-order chi connectivity index (χ0) is 20.0. The molecule has 1 amide bonds. The Kier molecular flexibility index (Phi) is 7.10. The van der Waals surface area contributed by atoms with Crippen molar-refractivity contribution >= 4 is 11.8 Å². The van der Waals surface area contributed by atoms with Crippen molar-refractivity contribution in [2.45, 2.75) is 46.8 Å². The number of nitrogens with one attached hydrogen (secondary N) is 1. The van der Waals surface area contributed by atoms with Crippen LogP contribution in [0.5, 0.6) is 5.75 Å².